The van der Waals surface area contributed by atoms with Crippen LogP contribution in [0.25, 0.3) is 0 Å². The molecular weight excluding hydrogens is 158 g/mol. The van der Waals surface area contributed by atoms with Crippen LogP contribution in [0.15, 0.2) is 0 Å². The van der Waals surface area contributed by atoms with Crippen LogP contribution in [-0.2, 0) is 0 Å². The molecule has 0 spiro atoms. The van der Waals surface area contributed by atoms with Gasteiger partial charge in [0.15, 0.2) is 0 Å². The largest absolute Gasteiger partial charge is 0.336 e. The summed E-state index contributed by atoms with van der Waals surface area (Å²) in [5, 5.41) is 2.91. The van der Waals surface area contributed by atoms with E-state index in [1.807, 2.05) is 0 Å². The molecule has 1 saturated heterocycles. The van der Waals surface area contributed by atoms with Crippen molar-refractivity contribution in [1.29, 1.82) is 0 Å². The van der Waals surface area contributed by atoms with Gasteiger partial charge in [-0.15, -0.1) is 0 Å². The average Bonchev–Trinajstić information content (AvgIpc) is 1.64. The van der Waals surface area contributed by atoms with E-state index in [-0.39, 0.29) is 0 Å². The van der Waals surface area contributed by atoms with E-state index in [0.29, 0.717) is 0 Å². The minimum Gasteiger partial charge on any atom is -0.336 e. The third-order valence-electron chi connectivity index (χ3n) is 0.804. The second-order valence-corrected chi connectivity index (χ2v) is 3.70. The van der Waals surface area contributed by atoms with E-state index in [2.05, 4.69) is 5.32 Å². The van der Waals surface area contributed by atoms with Crippen molar-refractivity contribution < 1.29 is 0 Å². The summed E-state index contributed by atoms with van der Waals surface area (Å²) in [5.74, 6) is 1.05. The van der Waals surface area contributed by atoms with Crippen LogP contribution in [0.2, 0.25) is 0 Å². The third kappa shape index (κ3) is 1.69. The summed E-state index contributed by atoms with van der Waals surface area (Å²) < 4.78 is 0.821. The summed E-state index contributed by atoms with van der Waals surface area (Å²) in [6, 6.07) is 0. The molecule has 0 bridgehead atoms. The van der Waals surface area contributed by atoms with Gasteiger partial charge in [-0.2, -0.15) is 0 Å². The van der Waals surface area contributed by atoms with E-state index in [9.17, 15) is 0 Å². The molecule has 0 atom stereocenters. The first-order chi connectivity index (χ1) is 3.79. The molecule has 8 heavy (non-hydrogen) atoms. The number of nitrogens with one attached hydrogen (secondary N) is 1. The third-order valence-corrected chi connectivity index (χ3v) is 2.34. The maximum atomic E-state index is 4.87. The van der Waals surface area contributed by atoms with Gasteiger partial charge in [0, 0.05) is 12.2 Å². The SMILES string of the molecule is S=C1CCSC(=S)N1. The van der Waals surface area contributed by atoms with Crippen LogP contribution in [0, 0.1) is 0 Å². The normalized spacial score (nSPS) is 20.5. The molecule has 0 aliphatic carbocycles. The van der Waals surface area contributed by atoms with E-state index < -0.39 is 0 Å². The Balaban J connectivity index is 2.45. The molecule has 0 aromatic carbocycles. The molecule has 1 nitrogen and oxygen atoms in total. The lowest BCUT2D eigenvalue weighted by atomic mass is 10.5. The van der Waals surface area contributed by atoms with E-state index >= 15 is 0 Å². The van der Waals surface area contributed by atoms with E-state index in [1.165, 1.54) is 0 Å². The lowest BCUT2D eigenvalue weighted by molar-refractivity contribution is 1.24. The Bertz CT molecular complexity index is 117. The van der Waals surface area contributed by atoms with Crippen molar-refractivity contribution in [3.8, 4) is 0 Å². The second kappa shape index (κ2) is 2.75. The van der Waals surface area contributed by atoms with Crippen LogP contribution in [0.5, 0.6) is 0 Å². The minimum atomic E-state index is 0.821. The highest BCUT2D eigenvalue weighted by atomic mass is 32.2. The monoisotopic (exact) mass is 163 g/mol. The molecule has 1 N–H and O–H groups in total. The topological polar surface area (TPSA) is 12.0 Å². The van der Waals surface area contributed by atoms with Gasteiger partial charge in [-0.3, -0.25) is 0 Å². The first-order valence-corrected chi connectivity index (χ1v) is 4.06. The van der Waals surface area contributed by atoms with Gasteiger partial charge in [-0.05, 0) is 0 Å². The van der Waals surface area contributed by atoms with Gasteiger partial charge in [0.1, 0.15) is 4.32 Å². The fourth-order valence-corrected chi connectivity index (χ4v) is 1.97. The Morgan fingerprint density at radius 2 is 2.25 bits per heavy atom. The molecular formula is C4H5NS3. The molecule has 44 valence electrons. The zero-order valence-corrected chi connectivity index (χ0v) is 6.59. The maximum Gasteiger partial charge on any atom is 0.138 e. The Morgan fingerprint density at radius 1 is 1.50 bits per heavy atom. The van der Waals surface area contributed by atoms with Gasteiger partial charge < -0.3 is 5.32 Å². The fraction of sp³-hybridized carbons (Fsp3) is 0.500. The molecule has 1 rings (SSSR count). The predicted octanol–water partition coefficient (Wildman–Crippen LogP) is 1.33. The Labute approximate surface area is 63.2 Å². The predicted molar refractivity (Wildman–Crippen MR) is 45.4 cm³/mol. The minimum absolute atomic E-state index is 0.821. The fourth-order valence-electron chi connectivity index (χ4n) is 0.449. The van der Waals surface area contributed by atoms with Crippen molar-refractivity contribution in [1.82, 2.24) is 5.32 Å². The zero-order chi connectivity index (χ0) is 5.98. The summed E-state index contributed by atoms with van der Waals surface area (Å²) in [5.41, 5.74) is 0. The van der Waals surface area contributed by atoms with Gasteiger partial charge >= 0.3 is 0 Å². The van der Waals surface area contributed by atoms with Crippen molar-refractivity contribution in [3.05, 3.63) is 0 Å². The number of rotatable bonds is 0. The molecule has 1 heterocycles. The van der Waals surface area contributed by atoms with E-state index in [1.54, 1.807) is 11.8 Å². The van der Waals surface area contributed by atoms with Gasteiger partial charge in [0.2, 0.25) is 0 Å². The van der Waals surface area contributed by atoms with Gasteiger partial charge in [0.05, 0.1) is 4.99 Å². The Kier molecular flexibility index (Phi) is 2.22. The number of thiocarbonyl (C=S) groups is 2. The molecule has 1 aliphatic heterocycles. The highest BCUT2D eigenvalue weighted by Crippen LogP contribution is 2.09. The van der Waals surface area contributed by atoms with E-state index in [4.69, 9.17) is 24.4 Å². The zero-order valence-electron chi connectivity index (χ0n) is 4.14. The molecule has 0 saturated carbocycles. The van der Waals surface area contributed by atoms with Crippen LogP contribution in [-0.4, -0.2) is 15.1 Å². The first-order valence-electron chi connectivity index (χ1n) is 2.25. The summed E-state index contributed by atoms with van der Waals surface area (Å²) >= 11 is 11.4. The standard InChI is InChI=1S/C4H5NS3/c6-3-1-2-8-4(7)5-3/h1-2H2,(H,5,6,7). The molecule has 1 aliphatic rings. The first kappa shape index (κ1) is 6.45. The van der Waals surface area contributed by atoms with Crippen LogP contribution in [0.4, 0.5) is 0 Å². The van der Waals surface area contributed by atoms with Crippen molar-refractivity contribution in [2.75, 3.05) is 5.75 Å². The highest BCUT2D eigenvalue weighted by molar-refractivity contribution is 8.23. The summed E-state index contributed by atoms with van der Waals surface area (Å²) in [4.78, 5) is 0.883. The van der Waals surface area contributed by atoms with Crippen LogP contribution in [0.1, 0.15) is 6.42 Å². The number of thioether (sulfide) groups is 1. The van der Waals surface area contributed by atoms with Crippen LogP contribution >= 0.6 is 36.2 Å². The van der Waals surface area contributed by atoms with Crippen molar-refractivity contribution in [3.63, 3.8) is 0 Å². The average molecular weight is 163 g/mol. The van der Waals surface area contributed by atoms with Crippen molar-refractivity contribution >= 4 is 45.5 Å². The second-order valence-electron chi connectivity index (χ2n) is 1.43. The Hall–Kier alpha value is 0.330. The molecule has 1 fully saturated rings. The van der Waals surface area contributed by atoms with E-state index in [0.717, 1.165) is 21.5 Å². The van der Waals surface area contributed by atoms with Crippen LogP contribution in [0.3, 0.4) is 0 Å². The summed E-state index contributed by atoms with van der Waals surface area (Å²) in [6.45, 7) is 0. The summed E-state index contributed by atoms with van der Waals surface area (Å²) in [6.07, 6.45) is 0.972. The van der Waals surface area contributed by atoms with Crippen molar-refractivity contribution in [2.45, 2.75) is 6.42 Å². The molecule has 0 unspecified atom stereocenters. The molecule has 0 radical (unpaired) electrons. The molecule has 4 heteroatoms. The van der Waals surface area contributed by atoms with Crippen molar-refractivity contribution in [2.24, 2.45) is 0 Å². The van der Waals surface area contributed by atoms with Gasteiger partial charge in [-0.1, -0.05) is 36.2 Å². The molecule has 0 amide bonds. The van der Waals surface area contributed by atoms with Gasteiger partial charge in [-0.25, -0.2) is 0 Å². The maximum absolute atomic E-state index is 4.87. The lowest BCUT2D eigenvalue weighted by Gasteiger charge is -2.12. The summed E-state index contributed by atoms with van der Waals surface area (Å²) in [7, 11) is 0. The molecule has 0 aromatic heterocycles. The number of hydrogen-bond acceptors (Lipinski definition) is 3. The Morgan fingerprint density at radius 3 is 2.62 bits per heavy atom. The van der Waals surface area contributed by atoms with Gasteiger partial charge in [0.25, 0.3) is 0 Å². The highest BCUT2D eigenvalue weighted by Gasteiger charge is 2.07. The quantitative estimate of drug-likeness (QED) is 0.540. The molecule has 0 aromatic rings. The number of hydrogen-bond donors (Lipinski definition) is 1. The lowest BCUT2D eigenvalue weighted by Crippen LogP contribution is -2.29. The smallest absolute Gasteiger partial charge is 0.138 e. The van der Waals surface area contributed by atoms with Crippen LogP contribution < -0.4 is 5.32 Å².